The number of nitriles is 1. The van der Waals surface area contributed by atoms with Crippen molar-refractivity contribution in [2.24, 2.45) is 0 Å². The molecule has 10 nitrogen and oxygen atoms in total. The van der Waals surface area contributed by atoms with Crippen molar-refractivity contribution in [2.75, 3.05) is 4.90 Å². The number of aromatic nitrogens is 4. The summed E-state index contributed by atoms with van der Waals surface area (Å²) in [5.41, 5.74) is 1.12. The third-order valence-electron chi connectivity index (χ3n) is 5.96. The van der Waals surface area contributed by atoms with Crippen LogP contribution in [0.2, 0.25) is 5.02 Å². The van der Waals surface area contributed by atoms with Crippen LogP contribution in [0.15, 0.2) is 47.5 Å². The Balaban J connectivity index is 1.38. The lowest BCUT2D eigenvalue weighted by Crippen LogP contribution is -2.39. The molecule has 2 aromatic heterocycles. The summed E-state index contributed by atoms with van der Waals surface area (Å²) in [5, 5.41) is 14.0. The van der Waals surface area contributed by atoms with E-state index in [9.17, 15) is 23.6 Å². The van der Waals surface area contributed by atoms with Crippen LogP contribution in [0, 0.1) is 11.3 Å². The van der Waals surface area contributed by atoms with Gasteiger partial charge in [-0.15, -0.1) is 8.78 Å². The Morgan fingerprint density at radius 3 is 2.78 bits per heavy atom. The fourth-order valence-corrected chi connectivity index (χ4v) is 4.49. The number of nitrogens with zero attached hydrogens (tertiary/aromatic N) is 5. The highest BCUT2D eigenvalue weighted by Gasteiger charge is 2.44. The molecule has 0 bridgehead atoms. The van der Waals surface area contributed by atoms with E-state index in [0.29, 0.717) is 29.1 Å². The standard InChI is InChI=1S/C24H15ClF2N6O4/c25-14-6-12(9-28)5-13(7-14)20-21-22(30-11-29-21)23(35)32(31-20)10-19(34)33(15-1-2-15)16-3-4-17-18(8-16)37-24(26,27)36-17/h3-8,11,15H,1-2,10H2,(H,29,30). The lowest BCUT2D eigenvalue weighted by Gasteiger charge is -2.23. The van der Waals surface area contributed by atoms with Crippen LogP contribution in [0.1, 0.15) is 18.4 Å². The van der Waals surface area contributed by atoms with Crippen LogP contribution in [0.3, 0.4) is 0 Å². The van der Waals surface area contributed by atoms with Gasteiger partial charge in [0.05, 0.1) is 18.0 Å². The summed E-state index contributed by atoms with van der Waals surface area (Å²) in [6.45, 7) is -0.437. The normalized spacial score (nSPS) is 15.5. The summed E-state index contributed by atoms with van der Waals surface area (Å²) in [4.78, 5) is 35.0. The minimum atomic E-state index is -3.78. The molecule has 2 aromatic carbocycles. The summed E-state index contributed by atoms with van der Waals surface area (Å²) in [6.07, 6.45) is -1.03. The second-order valence-corrected chi connectivity index (χ2v) is 9.01. The number of aromatic amines is 1. The van der Waals surface area contributed by atoms with Gasteiger partial charge in [-0.25, -0.2) is 9.67 Å². The molecule has 6 rings (SSSR count). The zero-order valence-electron chi connectivity index (χ0n) is 18.7. The van der Waals surface area contributed by atoms with Gasteiger partial charge < -0.3 is 19.4 Å². The van der Waals surface area contributed by atoms with Crippen LogP contribution < -0.4 is 19.9 Å². The highest BCUT2D eigenvalue weighted by atomic mass is 35.5. The molecule has 0 atom stereocenters. The fraction of sp³-hybridized carbons (Fsp3) is 0.208. The van der Waals surface area contributed by atoms with Crippen molar-refractivity contribution in [3.05, 3.63) is 63.7 Å². The number of fused-ring (bicyclic) bond motifs is 2. The largest absolute Gasteiger partial charge is 0.586 e. The van der Waals surface area contributed by atoms with Gasteiger partial charge in [-0.3, -0.25) is 9.59 Å². The molecule has 1 amide bonds. The van der Waals surface area contributed by atoms with Gasteiger partial charge in [0.15, 0.2) is 11.5 Å². The fourth-order valence-electron chi connectivity index (χ4n) is 4.25. The van der Waals surface area contributed by atoms with E-state index in [1.54, 1.807) is 12.1 Å². The van der Waals surface area contributed by atoms with Gasteiger partial charge in [0.2, 0.25) is 5.91 Å². The smallest absolute Gasteiger partial charge is 0.395 e. The van der Waals surface area contributed by atoms with Crippen molar-refractivity contribution in [1.29, 1.82) is 5.26 Å². The van der Waals surface area contributed by atoms with Crippen molar-refractivity contribution in [3.63, 3.8) is 0 Å². The molecule has 1 aliphatic carbocycles. The molecule has 3 heterocycles. The SMILES string of the molecule is N#Cc1cc(Cl)cc(-c2nn(CC(=O)N(c3ccc4c(c3)OC(F)(F)O4)C3CC3)c(=O)c3[nH]cnc23)c1. The van der Waals surface area contributed by atoms with Gasteiger partial charge in [-0.2, -0.15) is 10.4 Å². The number of halogens is 3. The van der Waals surface area contributed by atoms with E-state index in [4.69, 9.17) is 11.6 Å². The second-order valence-electron chi connectivity index (χ2n) is 8.57. The highest BCUT2D eigenvalue weighted by Crippen LogP contribution is 2.44. The maximum absolute atomic E-state index is 13.5. The molecule has 4 aromatic rings. The van der Waals surface area contributed by atoms with Crippen LogP contribution in [0.4, 0.5) is 14.5 Å². The number of alkyl halides is 2. The lowest BCUT2D eigenvalue weighted by molar-refractivity contribution is -0.286. The van der Waals surface area contributed by atoms with Crippen molar-refractivity contribution in [3.8, 4) is 28.8 Å². The first-order valence-electron chi connectivity index (χ1n) is 11.1. The predicted octanol–water partition coefficient (Wildman–Crippen LogP) is 3.83. The summed E-state index contributed by atoms with van der Waals surface area (Å²) in [5.74, 6) is -0.801. The van der Waals surface area contributed by atoms with Gasteiger partial charge in [0, 0.05) is 28.4 Å². The van der Waals surface area contributed by atoms with Crippen LogP contribution in [-0.2, 0) is 11.3 Å². The molecule has 0 unspecified atom stereocenters. The molecular formula is C24H15ClF2N6O4. The van der Waals surface area contributed by atoms with E-state index in [1.807, 2.05) is 6.07 Å². The first-order chi connectivity index (χ1) is 17.7. The number of hydrogen-bond acceptors (Lipinski definition) is 7. The van der Waals surface area contributed by atoms with Crippen molar-refractivity contribution in [1.82, 2.24) is 19.7 Å². The summed E-state index contributed by atoms with van der Waals surface area (Å²) >= 11 is 6.17. The third kappa shape index (κ3) is 4.13. The molecule has 1 fully saturated rings. The zero-order valence-corrected chi connectivity index (χ0v) is 19.5. The molecule has 0 spiro atoms. The Hall–Kier alpha value is -4.50. The van der Waals surface area contributed by atoms with Gasteiger partial charge >= 0.3 is 6.29 Å². The predicted molar refractivity (Wildman–Crippen MR) is 126 cm³/mol. The number of ether oxygens (including phenoxy) is 2. The van der Waals surface area contributed by atoms with Gasteiger partial charge in [0.1, 0.15) is 23.3 Å². The maximum Gasteiger partial charge on any atom is 0.586 e. The number of anilines is 1. The summed E-state index contributed by atoms with van der Waals surface area (Å²) in [6, 6.07) is 10.6. The Labute approximate surface area is 211 Å². The number of nitrogens with one attached hydrogen (secondary N) is 1. The average Bonchev–Trinajstić information content (AvgIpc) is 3.45. The Morgan fingerprint density at radius 1 is 1.24 bits per heavy atom. The number of benzene rings is 2. The molecule has 2 aliphatic rings. The van der Waals surface area contributed by atoms with E-state index in [2.05, 4.69) is 24.5 Å². The molecule has 37 heavy (non-hydrogen) atoms. The van der Waals surface area contributed by atoms with Gasteiger partial charge in [-0.1, -0.05) is 11.6 Å². The second kappa shape index (κ2) is 8.28. The molecule has 186 valence electrons. The minimum Gasteiger partial charge on any atom is -0.395 e. The summed E-state index contributed by atoms with van der Waals surface area (Å²) < 4.78 is 36.9. The Kier molecular flexibility index (Phi) is 5.13. The zero-order chi connectivity index (χ0) is 25.9. The highest BCUT2D eigenvalue weighted by molar-refractivity contribution is 6.31. The quantitative estimate of drug-likeness (QED) is 0.420. The van der Waals surface area contributed by atoms with E-state index < -0.39 is 24.3 Å². The Morgan fingerprint density at radius 2 is 2.03 bits per heavy atom. The number of rotatable bonds is 5. The molecule has 1 N–H and O–H groups in total. The minimum absolute atomic E-state index is 0.125. The number of amides is 1. The van der Waals surface area contributed by atoms with E-state index in [-0.39, 0.29) is 39.8 Å². The van der Waals surface area contributed by atoms with E-state index in [0.717, 1.165) is 4.68 Å². The van der Waals surface area contributed by atoms with Gasteiger partial charge in [-0.05, 0) is 43.2 Å². The van der Waals surface area contributed by atoms with Crippen molar-refractivity contribution < 1.29 is 23.0 Å². The number of carbonyl (C=O) groups is 1. The average molecular weight is 525 g/mol. The van der Waals surface area contributed by atoms with Crippen molar-refractivity contribution in [2.45, 2.75) is 31.7 Å². The van der Waals surface area contributed by atoms with Crippen LogP contribution in [-0.4, -0.2) is 38.0 Å². The first kappa shape index (κ1) is 22.9. The lowest BCUT2D eigenvalue weighted by atomic mass is 10.1. The number of carbonyl (C=O) groups excluding carboxylic acids is 1. The molecular weight excluding hydrogens is 510 g/mol. The molecule has 1 saturated carbocycles. The monoisotopic (exact) mass is 524 g/mol. The molecule has 13 heteroatoms. The van der Waals surface area contributed by atoms with E-state index >= 15 is 0 Å². The van der Waals surface area contributed by atoms with Gasteiger partial charge in [0.25, 0.3) is 5.56 Å². The Bertz CT molecular complexity index is 1690. The van der Waals surface area contributed by atoms with Crippen LogP contribution in [0.25, 0.3) is 22.3 Å². The summed E-state index contributed by atoms with van der Waals surface area (Å²) in [7, 11) is 0. The number of hydrogen-bond donors (Lipinski definition) is 1. The maximum atomic E-state index is 13.5. The number of imidazole rings is 1. The van der Waals surface area contributed by atoms with Crippen LogP contribution in [0.5, 0.6) is 11.5 Å². The number of H-pyrrole nitrogens is 1. The van der Waals surface area contributed by atoms with E-state index in [1.165, 1.54) is 35.5 Å². The van der Waals surface area contributed by atoms with Crippen LogP contribution >= 0.6 is 11.6 Å². The topological polar surface area (TPSA) is 126 Å². The molecule has 0 saturated heterocycles. The molecule has 1 aliphatic heterocycles. The third-order valence-corrected chi connectivity index (χ3v) is 6.18. The first-order valence-corrected chi connectivity index (χ1v) is 11.5. The molecule has 0 radical (unpaired) electrons. The van der Waals surface area contributed by atoms with Crippen molar-refractivity contribution >= 4 is 34.2 Å².